The summed E-state index contributed by atoms with van der Waals surface area (Å²) < 4.78 is 0. The fraction of sp³-hybridized carbons (Fsp3) is 0.529. The second kappa shape index (κ2) is 6.58. The number of amides is 1. The molecule has 1 saturated heterocycles. The van der Waals surface area contributed by atoms with Gasteiger partial charge in [0.15, 0.2) is 0 Å². The fourth-order valence-electron chi connectivity index (χ4n) is 3.13. The van der Waals surface area contributed by atoms with Crippen molar-refractivity contribution >= 4 is 11.6 Å². The van der Waals surface area contributed by atoms with E-state index in [1.165, 1.54) is 30.4 Å². The number of nitrogens with zero attached hydrogens (tertiary/aromatic N) is 1. The van der Waals surface area contributed by atoms with Crippen LogP contribution in [0, 0.1) is 0 Å². The number of carbonyl (C=O) groups is 1. The van der Waals surface area contributed by atoms with Crippen LogP contribution in [-0.2, 0) is 17.6 Å². The monoisotopic (exact) mass is 300 g/mol. The molecule has 1 heterocycles. The van der Waals surface area contributed by atoms with Gasteiger partial charge in [-0.1, -0.05) is 12.1 Å². The Bertz CT molecular complexity index is 596. The lowest BCUT2D eigenvalue weighted by molar-refractivity contribution is -0.122. The van der Waals surface area contributed by atoms with Crippen LogP contribution in [0.5, 0.6) is 0 Å². The van der Waals surface area contributed by atoms with Crippen LogP contribution < -0.4 is 16.3 Å². The lowest BCUT2D eigenvalue weighted by atomic mass is 9.90. The maximum Gasteiger partial charge on any atom is 0.258 e. The van der Waals surface area contributed by atoms with Gasteiger partial charge in [0.2, 0.25) is 0 Å². The molecular weight excluding hydrogens is 276 g/mol. The summed E-state index contributed by atoms with van der Waals surface area (Å²) in [7, 11) is 0. The first-order chi connectivity index (χ1) is 10.6. The van der Waals surface area contributed by atoms with E-state index in [0.29, 0.717) is 6.04 Å². The quantitative estimate of drug-likeness (QED) is 0.587. The van der Waals surface area contributed by atoms with Crippen LogP contribution in [0.2, 0.25) is 0 Å². The maximum absolute atomic E-state index is 12.0. The highest BCUT2D eigenvalue weighted by atomic mass is 16.2. The molecule has 5 heteroatoms. The number of rotatable bonds is 3. The fourth-order valence-corrected chi connectivity index (χ4v) is 3.13. The molecule has 0 radical (unpaired) electrons. The summed E-state index contributed by atoms with van der Waals surface area (Å²) >= 11 is 0. The molecule has 2 aliphatic rings. The predicted molar refractivity (Wildman–Crippen MR) is 87.6 cm³/mol. The molecule has 3 rings (SSSR count). The molecule has 22 heavy (non-hydrogen) atoms. The number of hydrogen-bond donors (Lipinski definition) is 3. The van der Waals surface area contributed by atoms with Crippen molar-refractivity contribution in [2.24, 2.45) is 5.10 Å². The third-order valence-electron chi connectivity index (χ3n) is 4.51. The number of carbonyl (C=O) groups excluding carboxylic acids is 1. The van der Waals surface area contributed by atoms with Gasteiger partial charge in [-0.3, -0.25) is 10.2 Å². The van der Waals surface area contributed by atoms with E-state index in [4.69, 9.17) is 0 Å². The molecule has 0 bridgehead atoms. The van der Waals surface area contributed by atoms with Gasteiger partial charge in [-0.05, 0) is 68.7 Å². The van der Waals surface area contributed by atoms with Crippen LogP contribution >= 0.6 is 0 Å². The van der Waals surface area contributed by atoms with Gasteiger partial charge in [0.1, 0.15) is 6.04 Å². The van der Waals surface area contributed by atoms with Crippen molar-refractivity contribution in [1.82, 2.24) is 16.3 Å². The van der Waals surface area contributed by atoms with Crippen LogP contribution in [0.15, 0.2) is 23.3 Å². The van der Waals surface area contributed by atoms with Gasteiger partial charge in [-0.2, -0.15) is 5.10 Å². The highest BCUT2D eigenvalue weighted by Gasteiger charge is 2.26. The van der Waals surface area contributed by atoms with Crippen molar-refractivity contribution in [3.8, 4) is 0 Å². The van der Waals surface area contributed by atoms with Gasteiger partial charge >= 0.3 is 0 Å². The molecule has 1 aliphatic heterocycles. The molecule has 1 aromatic carbocycles. The standard InChI is InChI=1S/C17H24N4O/c1-11-9-16(20-18-11)17(22)21-19-12(2)14-8-7-13-5-3-4-6-15(13)10-14/h7-8,10-11,16,18,20H,3-6,9H2,1-2H3,(H,21,22)/b19-12+. The van der Waals surface area contributed by atoms with E-state index < -0.39 is 0 Å². The van der Waals surface area contributed by atoms with Gasteiger partial charge in [0, 0.05) is 6.04 Å². The first-order valence-corrected chi connectivity index (χ1v) is 8.11. The van der Waals surface area contributed by atoms with Crippen molar-refractivity contribution in [2.75, 3.05) is 0 Å². The maximum atomic E-state index is 12.0. The van der Waals surface area contributed by atoms with Crippen molar-refractivity contribution in [1.29, 1.82) is 0 Å². The lowest BCUT2D eigenvalue weighted by Gasteiger charge is -2.16. The minimum atomic E-state index is -0.213. The molecule has 118 valence electrons. The Morgan fingerprint density at radius 2 is 2.00 bits per heavy atom. The second-order valence-electron chi connectivity index (χ2n) is 6.34. The molecule has 1 fully saturated rings. The highest BCUT2D eigenvalue weighted by Crippen LogP contribution is 2.22. The van der Waals surface area contributed by atoms with Gasteiger partial charge < -0.3 is 0 Å². The zero-order valence-electron chi connectivity index (χ0n) is 13.3. The molecule has 0 aromatic heterocycles. The van der Waals surface area contributed by atoms with Crippen LogP contribution in [-0.4, -0.2) is 23.7 Å². The minimum absolute atomic E-state index is 0.0887. The van der Waals surface area contributed by atoms with Crippen LogP contribution in [0.4, 0.5) is 0 Å². The largest absolute Gasteiger partial charge is 0.271 e. The zero-order valence-corrected chi connectivity index (χ0v) is 13.3. The van der Waals surface area contributed by atoms with E-state index in [1.54, 1.807) is 0 Å². The Morgan fingerprint density at radius 1 is 1.23 bits per heavy atom. The van der Waals surface area contributed by atoms with Crippen molar-refractivity contribution < 1.29 is 4.79 Å². The number of hydrazone groups is 1. The minimum Gasteiger partial charge on any atom is -0.271 e. The van der Waals surface area contributed by atoms with Gasteiger partial charge in [0.25, 0.3) is 5.91 Å². The van der Waals surface area contributed by atoms with Gasteiger partial charge in [-0.15, -0.1) is 0 Å². The molecule has 0 saturated carbocycles. The molecule has 2 unspecified atom stereocenters. The number of hydrogen-bond acceptors (Lipinski definition) is 4. The summed E-state index contributed by atoms with van der Waals surface area (Å²) in [5.74, 6) is -0.0887. The molecule has 0 spiro atoms. The lowest BCUT2D eigenvalue weighted by Crippen LogP contribution is -2.42. The average Bonchev–Trinajstić information content (AvgIpc) is 2.98. The smallest absolute Gasteiger partial charge is 0.258 e. The van der Waals surface area contributed by atoms with Crippen LogP contribution in [0.3, 0.4) is 0 Å². The molecule has 1 amide bonds. The SMILES string of the molecule is C/C(=N\NC(=O)C1CC(C)NN1)c1ccc2c(c1)CCCC2. The third kappa shape index (κ3) is 3.36. The number of aryl methyl sites for hydroxylation is 2. The van der Waals surface area contributed by atoms with Crippen molar-refractivity contribution in [2.45, 2.75) is 58.0 Å². The van der Waals surface area contributed by atoms with Crippen LogP contribution in [0.1, 0.15) is 49.8 Å². The van der Waals surface area contributed by atoms with Crippen molar-refractivity contribution in [3.63, 3.8) is 0 Å². The van der Waals surface area contributed by atoms with E-state index in [0.717, 1.165) is 24.1 Å². The second-order valence-corrected chi connectivity index (χ2v) is 6.34. The summed E-state index contributed by atoms with van der Waals surface area (Å²) in [6.07, 6.45) is 5.66. The van der Waals surface area contributed by atoms with Gasteiger partial charge in [0.05, 0.1) is 5.71 Å². The summed E-state index contributed by atoms with van der Waals surface area (Å²) in [5.41, 5.74) is 13.5. The van der Waals surface area contributed by atoms with E-state index in [2.05, 4.69) is 39.6 Å². The highest BCUT2D eigenvalue weighted by molar-refractivity contribution is 5.99. The number of fused-ring (bicyclic) bond motifs is 1. The summed E-state index contributed by atoms with van der Waals surface area (Å²) in [6.45, 7) is 3.98. The Morgan fingerprint density at radius 3 is 2.73 bits per heavy atom. The average molecular weight is 300 g/mol. The first-order valence-electron chi connectivity index (χ1n) is 8.11. The predicted octanol–water partition coefficient (Wildman–Crippen LogP) is 1.66. The Kier molecular flexibility index (Phi) is 4.55. The zero-order chi connectivity index (χ0) is 15.5. The number of hydrazine groups is 1. The topological polar surface area (TPSA) is 65.5 Å². The Hall–Kier alpha value is -1.72. The number of nitrogens with one attached hydrogen (secondary N) is 3. The molecule has 5 nitrogen and oxygen atoms in total. The first kappa shape index (κ1) is 15.2. The summed E-state index contributed by atoms with van der Waals surface area (Å²) in [4.78, 5) is 12.0. The van der Waals surface area contributed by atoms with Crippen molar-refractivity contribution in [3.05, 3.63) is 34.9 Å². The third-order valence-corrected chi connectivity index (χ3v) is 4.51. The van der Waals surface area contributed by atoms with E-state index in [-0.39, 0.29) is 11.9 Å². The Balaban J connectivity index is 1.65. The number of benzene rings is 1. The molecule has 1 aliphatic carbocycles. The molecule has 1 aromatic rings. The van der Waals surface area contributed by atoms with Crippen LogP contribution in [0.25, 0.3) is 0 Å². The van der Waals surface area contributed by atoms with E-state index >= 15 is 0 Å². The Labute approximate surface area is 131 Å². The van der Waals surface area contributed by atoms with E-state index in [1.807, 2.05) is 13.8 Å². The van der Waals surface area contributed by atoms with E-state index in [9.17, 15) is 4.79 Å². The molecule has 2 atom stereocenters. The normalized spacial score (nSPS) is 24.9. The summed E-state index contributed by atoms with van der Waals surface area (Å²) in [5, 5.41) is 4.26. The molecule has 3 N–H and O–H groups in total. The van der Waals surface area contributed by atoms with Gasteiger partial charge in [-0.25, -0.2) is 10.9 Å². The molecular formula is C17H24N4O. The summed E-state index contributed by atoms with van der Waals surface area (Å²) in [6, 6.07) is 6.62.